The summed E-state index contributed by atoms with van der Waals surface area (Å²) in [5.41, 5.74) is 4.27. The Bertz CT molecular complexity index is 465. The van der Waals surface area contributed by atoms with Crippen LogP contribution in [0.5, 0.6) is 0 Å². The quantitative estimate of drug-likeness (QED) is 0.642. The Kier molecular flexibility index (Phi) is 4.76. The summed E-state index contributed by atoms with van der Waals surface area (Å²) in [5, 5.41) is 19.3. The van der Waals surface area contributed by atoms with E-state index in [0.717, 1.165) is 10.8 Å². The molecule has 0 aromatic carbocycles. The Hall–Kier alpha value is -1.51. The first-order valence-electron chi connectivity index (χ1n) is 5.35. The number of aliphatic hydroxyl groups is 2. The zero-order valence-electron chi connectivity index (χ0n) is 10.1. The van der Waals surface area contributed by atoms with Crippen molar-refractivity contribution in [2.75, 3.05) is 12.8 Å². The predicted molar refractivity (Wildman–Crippen MR) is 61.2 cm³/mol. The number of hydrogen-bond acceptors (Lipinski definition) is 6. The molecule has 0 radical (unpaired) electrons. The number of halogens is 1. The van der Waals surface area contributed by atoms with E-state index < -0.39 is 35.8 Å². The molecule has 0 saturated carbocycles. The Morgan fingerprint density at radius 2 is 2.22 bits per heavy atom. The SMILES string of the molecule is CC[C@@H](O)[C@@H](O)C(OC)n1cc(F)c(N)nc1=O. The number of rotatable bonds is 5. The second kappa shape index (κ2) is 5.89. The summed E-state index contributed by atoms with van der Waals surface area (Å²) < 4.78 is 18.9. The Morgan fingerprint density at radius 1 is 1.61 bits per heavy atom. The van der Waals surface area contributed by atoms with E-state index in [1.165, 1.54) is 7.11 Å². The highest BCUT2D eigenvalue weighted by Gasteiger charge is 2.28. The maximum Gasteiger partial charge on any atom is 0.351 e. The molecule has 4 N–H and O–H groups in total. The van der Waals surface area contributed by atoms with Crippen LogP contribution >= 0.6 is 0 Å². The van der Waals surface area contributed by atoms with E-state index in [-0.39, 0.29) is 6.42 Å². The van der Waals surface area contributed by atoms with Crippen LogP contribution in [0.4, 0.5) is 10.2 Å². The van der Waals surface area contributed by atoms with Gasteiger partial charge >= 0.3 is 5.69 Å². The van der Waals surface area contributed by atoms with Gasteiger partial charge in [-0.2, -0.15) is 4.98 Å². The van der Waals surface area contributed by atoms with Crippen molar-refractivity contribution in [3.8, 4) is 0 Å². The number of methoxy groups -OCH3 is 1. The van der Waals surface area contributed by atoms with Gasteiger partial charge in [0.1, 0.15) is 6.10 Å². The van der Waals surface area contributed by atoms with Crippen molar-refractivity contribution < 1.29 is 19.3 Å². The first-order valence-corrected chi connectivity index (χ1v) is 5.35. The summed E-state index contributed by atoms with van der Waals surface area (Å²) in [6.45, 7) is 1.64. The van der Waals surface area contributed by atoms with Crippen molar-refractivity contribution >= 4 is 5.82 Å². The van der Waals surface area contributed by atoms with Gasteiger partial charge in [-0.1, -0.05) is 6.92 Å². The van der Waals surface area contributed by atoms with Crippen LogP contribution in [0.15, 0.2) is 11.0 Å². The zero-order chi connectivity index (χ0) is 13.9. The molecule has 1 rings (SSSR count). The molecule has 7 nitrogen and oxygen atoms in total. The summed E-state index contributed by atoms with van der Waals surface area (Å²) in [6.07, 6.45) is -2.70. The van der Waals surface area contributed by atoms with Crippen LogP contribution in [-0.2, 0) is 4.74 Å². The predicted octanol–water partition coefficient (Wildman–Crippen LogP) is -0.759. The van der Waals surface area contributed by atoms with Gasteiger partial charge in [0.25, 0.3) is 0 Å². The Morgan fingerprint density at radius 3 is 2.72 bits per heavy atom. The van der Waals surface area contributed by atoms with E-state index in [1.54, 1.807) is 6.92 Å². The van der Waals surface area contributed by atoms with E-state index in [2.05, 4.69) is 4.98 Å². The van der Waals surface area contributed by atoms with Crippen LogP contribution in [0, 0.1) is 5.82 Å². The summed E-state index contributed by atoms with van der Waals surface area (Å²) >= 11 is 0. The fourth-order valence-corrected chi connectivity index (χ4v) is 1.49. The van der Waals surface area contributed by atoms with Gasteiger partial charge < -0.3 is 20.7 Å². The molecule has 0 aliphatic rings. The number of anilines is 1. The molecule has 1 unspecified atom stereocenters. The van der Waals surface area contributed by atoms with Gasteiger partial charge in [0, 0.05) is 7.11 Å². The van der Waals surface area contributed by atoms with Crippen molar-refractivity contribution in [2.45, 2.75) is 31.8 Å². The Balaban J connectivity index is 3.17. The smallest absolute Gasteiger partial charge is 0.351 e. The lowest BCUT2D eigenvalue weighted by molar-refractivity contribution is -0.111. The number of nitrogens with two attached hydrogens (primary N) is 1. The minimum absolute atomic E-state index is 0.251. The third-order valence-electron chi connectivity index (χ3n) is 2.55. The molecule has 0 spiro atoms. The molecule has 8 heteroatoms. The molecule has 0 aliphatic heterocycles. The summed E-state index contributed by atoms with van der Waals surface area (Å²) in [4.78, 5) is 14.8. The molecule has 0 amide bonds. The van der Waals surface area contributed by atoms with Crippen LogP contribution < -0.4 is 11.4 Å². The van der Waals surface area contributed by atoms with Crippen molar-refractivity contribution in [2.24, 2.45) is 0 Å². The van der Waals surface area contributed by atoms with E-state index in [9.17, 15) is 19.4 Å². The van der Waals surface area contributed by atoms with Gasteiger partial charge in [0.2, 0.25) is 0 Å². The maximum absolute atomic E-state index is 13.3. The summed E-state index contributed by atoms with van der Waals surface area (Å²) in [5.74, 6) is -1.44. The van der Waals surface area contributed by atoms with Gasteiger partial charge in [0.15, 0.2) is 17.9 Å². The largest absolute Gasteiger partial charge is 0.390 e. The number of ether oxygens (including phenoxy) is 1. The van der Waals surface area contributed by atoms with Crippen LogP contribution in [0.3, 0.4) is 0 Å². The lowest BCUT2D eigenvalue weighted by Crippen LogP contribution is -2.41. The molecular weight excluding hydrogens is 245 g/mol. The first-order chi connectivity index (χ1) is 8.42. The normalized spacial score (nSPS) is 16.3. The monoisotopic (exact) mass is 261 g/mol. The second-order valence-electron chi connectivity index (χ2n) is 3.76. The molecule has 3 atom stereocenters. The molecule has 102 valence electrons. The molecule has 0 aliphatic carbocycles. The van der Waals surface area contributed by atoms with Crippen molar-refractivity contribution in [1.29, 1.82) is 0 Å². The summed E-state index contributed by atoms with van der Waals surface area (Å²) in [7, 11) is 1.22. The van der Waals surface area contributed by atoms with Gasteiger partial charge in [-0.25, -0.2) is 9.18 Å². The lowest BCUT2D eigenvalue weighted by Gasteiger charge is -2.26. The average molecular weight is 261 g/mol. The van der Waals surface area contributed by atoms with Crippen molar-refractivity contribution in [3.05, 3.63) is 22.5 Å². The van der Waals surface area contributed by atoms with Gasteiger partial charge in [0.05, 0.1) is 12.3 Å². The number of hydrogen-bond donors (Lipinski definition) is 3. The van der Waals surface area contributed by atoms with Gasteiger partial charge in [-0.15, -0.1) is 0 Å². The van der Waals surface area contributed by atoms with Crippen LogP contribution in [0.1, 0.15) is 19.6 Å². The van der Waals surface area contributed by atoms with E-state index in [0.29, 0.717) is 0 Å². The first kappa shape index (κ1) is 14.6. The number of aromatic nitrogens is 2. The summed E-state index contributed by atoms with van der Waals surface area (Å²) in [6, 6.07) is 0. The van der Waals surface area contributed by atoms with Crippen LogP contribution in [-0.4, -0.2) is 39.1 Å². The molecule has 0 saturated heterocycles. The average Bonchev–Trinajstić information content (AvgIpc) is 2.35. The van der Waals surface area contributed by atoms with Gasteiger partial charge in [-0.3, -0.25) is 4.57 Å². The van der Waals surface area contributed by atoms with Crippen LogP contribution in [0.25, 0.3) is 0 Å². The minimum atomic E-state index is -1.39. The topological polar surface area (TPSA) is 111 Å². The molecule has 0 fully saturated rings. The van der Waals surface area contributed by atoms with E-state index >= 15 is 0 Å². The molecule has 1 heterocycles. The van der Waals surface area contributed by atoms with E-state index in [4.69, 9.17) is 10.5 Å². The number of aliphatic hydroxyl groups excluding tert-OH is 2. The highest BCUT2D eigenvalue weighted by molar-refractivity contribution is 5.26. The standard InChI is InChI=1S/C10H16FN3O4/c1-3-6(15)7(16)9(18-2)14-4-5(11)8(12)13-10(14)17/h4,6-7,9,15-16H,3H2,1-2H3,(H2,12,13,17)/t6-,7-,9?/m1/s1. The number of nitrogen functional groups attached to an aromatic ring is 1. The third-order valence-corrected chi connectivity index (χ3v) is 2.55. The third kappa shape index (κ3) is 2.84. The second-order valence-corrected chi connectivity index (χ2v) is 3.76. The minimum Gasteiger partial charge on any atom is -0.390 e. The molecular formula is C10H16FN3O4. The molecule has 1 aromatic rings. The van der Waals surface area contributed by atoms with Gasteiger partial charge in [-0.05, 0) is 6.42 Å². The van der Waals surface area contributed by atoms with Crippen molar-refractivity contribution in [1.82, 2.24) is 9.55 Å². The zero-order valence-corrected chi connectivity index (χ0v) is 10.1. The molecule has 0 bridgehead atoms. The molecule has 1 aromatic heterocycles. The number of nitrogens with zero attached hydrogens (tertiary/aromatic N) is 2. The maximum atomic E-state index is 13.3. The van der Waals surface area contributed by atoms with E-state index in [1.807, 2.05) is 0 Å². The fraction of sp³-hybridized carbons (Fsp3) is 0.600. The fourth-order valence-electron chi connectivity index (χ4n) is 1.49. The van der Waals surface area contributed by atoms with Crippen molar-refractivity contribution in [3.63, 3.8) is 0 Å². The lowest BCUT2D eigenvalue weighted by atomic mass is 10.1. The highest BCUT2D eigenvalue weighted by Crippen LogP contribution is 2.16. The Labute approximate surface area is 103 Å². The highest BCUT2D eigenvalue weighted by atomic mass is 19.1. The van der Waals surface area contributed by atoms with Crippen LogP contribution in [0.2, 0.25) is 0 Å². The molecule has 18 heavy (non-hydrogen) atoms.